The standard InChI is InChI=1S/C21H30N6O3/c1-23-6-5-22-19(23)20(29)24-7-9-25(10-8-24)21(30)26-12-15-11-16(14-26)17-3-2-4-18(28)27(17)13-15/h5-6,15-17H,2-4,7-14H2,1H3/t15?,16?,17-/m1/s1. The van der Waals surface area contributed by atoms with Crippen molar-refractivity contribution in [1.29, 1.82) is 0 Å². The Hall–Kier alpha value is -2.58. The summed E-state index contributed by atoms with van der Waals surface area (Å²) in [6.07, 6.45) is 7.24. The van der Waals surface area contributed by atoms with Crippen LogP contribution in [0.1, 0.15) is 36.3 Å². The van der Waals surface area contributed by atoms with Crippen molar-refractivity contribution in [2.45, 2.75) is 31.7 Å². The van der Waals surface area contributed by atoms with Crippen molar-refractivity contribution in [3.63, 3.8) is 0 Å². The van der Waals surface area contributed by atoms with Gasteiger partial charge in [0.15, 0.2) is 5.82 Å². The molecule has 0 saturated carbocycles. The number of nitrogens with zero attached hydrogens (tertiary/aromatic N) is 6. The summed E-state index contributed by atoms with van der Waals surface area (Å²) in [7, 11) is 1.81. The highest BCUT2D eigenvalue weighted by Crippen LogP contribution is 2.38. The van der Waals surface area contributed by atoms with Crippen molar-refractivity contribution in [3.8, 4) is 0 Å². The third-order valence-electron chi connectivity index (χ3n) is 7.30. The number of aryl methyl sites for hydroxylation is 1. The van der Waals surface area contributed by atoms with Crippen LogP contribution in [0.15, 0.2) is 12.4 Å². The second kappa shape index (κ2) is 7.59. The Balaban J connectivity index is 1.19. The van der Waals surface area contributed by atoms with Gasteiger partial charge < -0.3 is 24.2 Å². The van der Waals surface area contributed by atoms with Gasteiger partial charge in [0.25, 0.3) is 5.91 Å². The zero-order valence-corrected chi connectivity index (χ0v) is 17.6. The molecule has 1 aromatic heterocycles. The van der Waals surface area contributed by atoms with Crippen LogP contribution in [0.25, 0.3) is 0 Å². The number of aromatic nitrogens is 2. The molecule has 4 fully saturated rings. The Morgan fingerprint density at radius 3 is 2.53 bits per heavy atom. The fourth-order valence-electron chi connectivity index (χ4n) is 5.78. The van der Waals surface area contributed by atoms with E-state index >= 15 is 0 Å². The number of fused-ring (bicyclic) bond motifs is 4. The van der Waals surface area contributed by atoms with Crippen LogP contribution in [-0.2, 0) is 11.8 Å². The van der Waals surface area contributed by atoms with Crippen LogP contribution < -0.4 is 0 Å². The van der Waals surface area contributed by atoms with Crippen molar-refractivity contribution < 1.29 is 14.4 Å². The van der Waals surface area contributed by atoms with Gasteiger partial charge in [0.1, 0.15) is 0 Å². The molecule has 0 spiro atoms. The molecule has 5 rings (SSSR count). The average molecular weight is 415 g/mol. The second-order valence-electron chi connectivity index (χ2n) is 9.20. The molecule has 3 atom stereocenters. The number of hydrogen-bond donors (Lipinski definition) is 0. The molecule has 4 aliphatic rings. The van der Waals surface area contributed by atoms with Crippen molar-refractivity contribution in [2.24, 2.45) is 18.9 Å². The molecule has 4 amide bonds. The minimum atomic E-state index is -0.0795. The van der Waals surface area contributed by atoms with E-state index in [-0.39, 0.29) is 11.9 Å². The van der Waals surface area contributed by atoms with Gasteiger partial charge in [0, 0.05) is 77.7 Å². The summed E-state index contributed by atoms with van der Waals surface area (Å²) in [6, 6.07) is 0.398. The first-order valence-corrected chi connectivity index (χ1v) is 11.1. The third kappa shape index (κ3) is 3.33. The summed E-state index contributed by atoms with van der Waals surface area (Å²) in [5.41, 5.74) is 0. The third-order valence-corrected chi connectivity index (χ3v) is 7.30. The van der Waals surface area contributed by atoms with Gasteiger partial charge in [-0.1, -0.05) is 0 Å². The van der Waals surface area contributed by atoms with Gasteiger partial charge in [-0.15, -0.1) is 0 Å². The Morgan fingerprint density at radius 2 is 1.80 bits per heavy atom. The number of likely N-dealkylation sites (tertiary alicyclic amines) is 1. The first-order valence-electron chi connectivity index (χ1n) is 11.1. The molecule has 0 aliphatic carbocycles. The summed E-state index contributed by atoms with van der Waals surface area (Å²) in [5, 5.41) is 0. The van der Waals surface area contributed by atoms with Crippen molar-refractivity contribution in [1.82, 2.24) is 29.2 Å². The van der Waals surface area contributed by atoms with E-state index in [1.165, 1.54) is 0 Å². The van der Waals surface area contributed by atoms with E-state index in [9.17, 15) is 14.4 Å². The topological polar surface area (TPSA) is 82.0 Å². The van der Waals surface area contributed by atoms with Crippen LogP contribution >= 0.6 is 0 Å². The Labute approximate surface area is 176 Å². The predicted molar refractivity (Wildman–Crippen MR) is 109 cm³/mol. The molecule has 30 heavy (non-hydrogen) atoms. The monoisotopic (exact) mass is 414 g/mol. The first-order chi connectivity index (χ1) is 14.5. The van der Waals surface area contributed by atoms with Gasteiger partial charge in [-0.05, 0) is 31.1 Å². The van der Waals surface area contributed by atoms with Crippen LogP contribution in [0.4, 0.5) is 4.79 Å². The van der Waals surface area contributed by atoms with Crippen molar-refractivity contribution in [2.75, 3.05) is 45.8 Å². The lowest BCUT2D eigenvalue weighted by atomic mass is 9.76. The van der Waals surface area contributed by atoms with E-state index in [0.29, 0.717) is 62.2 Å². The van der Waals surface area contributed by atoms with Gasteiger partial charge in [0.05, 0.1) is 0 Å². The lowest BCUT2D eigenvalue weighted by molar-refractivity contribution is -0.144. The smallest absolute Gasteiger partial charge is 0.320 e. The van der Waals surface area contributed by atoms with E-state index in [1.54, 1.807) is 21.9 Å². The minimum absolute atomic E-state index is 0.0795. The molecule has 5 heterocycles. The Morgan fingerprint density at radius 1 is 1.03 bits per heavy atom. The average Bonchev–Trinajstić information content (AvgIpc) is 3.19. The van der Waals surface area contributed by atoms with Crippen LogP contribution in [0.5, 0.6) is 0 Å². The highest BCUT2D eigenvalue weighted by molar-refractivity contribution is 5.91. The summed E-state index contributed by atoms with van der Waals surface area (Å²) in [4.78, 5) is 50.1. The highest BCUT2D eigenvalue weighted by atomic mass is 16.2. The lowest BCUT2D eigenvalue weighted by Gasteiger charge is -2.53. The minimum Gasteiger partial charge on any atom is -0.339 e. The molecule has 0 radical (unpaired) electrons. The maximum absolute atomic E-state index is 13.2. The molecular formula is C21H30N6O3. The Kier molecular flexibility index (Phi) is 4.91. The van der Waals surface area contributed by atoms with Crippen LogP contribution in [0, 0.1) is 11.8 Å². The highest BCUT2D eigenvalue weighted by Gasteiger charge is 2.45. The van der Waals surface area contributed by atoms with E-state index in [1.807, 2.05) is 16.8 Å². The van der Waals surface area contributed by atoms with Crippen molar-refractivity contribution >= 4 is 17.8 Å². The van der Waals surface area contributed by atoms with E-state index in [4.69, 9.17) is 0 Å². The maximum atomic E-state index is 13.2. The molecule has 162 valence electrons. The fraction of sp³-hybridized carbons (Fsp3) is 0.714. The predicted octanol–water partition coefficient (Wildman–Crippen LogP) is 0.631. The Bertz CT molecular complexity index is 846. The zero-order valence-electron chi connectivity index (χ0n) is 17.6. The molecule has 1 aromatic rings. The summed E-state index contributed by atoms with van der Waals surface area (Å²) in [6.45, 7) is 4.44. The summed E-state index contributed by atoms with van der Waals surface area (Å²) in [5.74, 6) is 1.44. The number of piperidine rings is 3. The number of carbonyl (C=O) groups is 3. The van der Waals surface area contributed by atoms with Crippen LogP contribution in [0.3, 0.4) is 0 Å². The zero-order chi connectivity index (χ0) is 20.8. The molecule has 9 nitrogen and oxygen atoms in total. The number of amides is 4. The van der Waals surface area contributed by atoms with E-state index in [2.05, 4.69) is 9.88 Å². The number of urea groups is 1. The molecule has 4 saturated heterocycles. The molecule has 0 aromatic carbocycles. The number of rotatable bonds is 1. The van der Waals surface area contributed by atoms with Gasteiger partial charge in [-0.25, -0.2) is 9.78 Å². The first kappa shape index (κ1) is 19.4. The van der Waals surface area contributed by atoms with Crippen LogP contribution in [-0.4, -0.2) is 98.9 Å². The van der Waals surface area contributed by atoms with Crippen LogP contribution in [0.2, 0.25) is 0 Å². The van der Waals surface area contributed by atoms with E-state index in [0.717, 1.165) is 38.9 Å². The summed E-state index contributed by atoms with van der Waals surface area (Å²) >= 11 is 0. The summed E-state index contributed by atoms with van der Waals surface area (Å²) < 4.78 is 1.73. The normalized spacial score (nSPS) is 29.1. The van der Waals surface area contributed by atoms with Crippen molar-refractivity contribution in [3.05, 3.63) is 18.2 Å². The quantitative estimate of drug-likeness (QED) is 0.675. The molecule has 9 heteroatoms. The molecular weight excluding hydrogens is 384 g/mol. The fourth-order valence-corrected chi connectivity index (χ4v) is 5.78. The van der Waals surface area contributed by atoms with Gasteiger partial charge in [-0.3, -0.25) is 9.59 Å². The lowest BCUT2D eigenvalue weighted by Crippen LogP contribution is -2.63. The van der Waals surface area contributed by atoms with Gasteiger partial charge in [0.2, 0.25) is 5.91 Å². The largest absolute Gasteiger partial charge is 0.339 e. The maximum Gasteiger partial charge on any atom is 0.320 e. The van der Waals surface area contributed by atoms with Gasteiger partial charge in [-0.2, -0.15) is 0 Å². The molecule has 2 unspecified atom stereocenters. The second-order valence-corrected chi connectivity index (χ2v) is 9.20. The number of carbonyl (C=O) groups excluding carboxylic acids is 3. The molecule has 2 bridgehead atoms. The van der Waals surface area contributed by atoms with Gasteiger partial charge >= 0.3 is 6.03 Å². The number of hydrogen-bond acceptors (Lipinski definition) is 4. The van der Waals surface area contributed by atoms with E-state index < -0.39 is 0 Å². The number of imidazole rings is 1. The molecule has 0 N–H and O–H groups in total. The number of piperazine rings is 1. The molecule has 4 aliphatic heterocycles. The SMILES string of the molecule is Cn1ccnc1C(=O)N1CCN(C(=O)N2CC3CC(C2)[C@H]2CCCC(=O)N2C3)CC1.